The van der Waals surface area contributed by atoms with Crippen molar-refractivity contribution in [3.05, 3.63) is 64.9 Å². The van der Waals surface area contributed by atoms with E-state index in [0.29, 0.717) is 25.2 Å². The van der Waals surface area contributed by atoms with E-state index < -0.39 is 5.97 Å². The number of carboxylic acids is 1. The Labute approximate surface area is 200 Å². The fraction of sp³-hybridized carbons (Fsp3) is 0.423. The average Bonchev–Trinajstić information content (AvgIpc) is 2.81. The first-order valence-electron chi connectivity index (χ1n) is 11.5. The van der Waals surface area contributed by atoms with Crippen molar-refractivity contribution in [3.8, 4) is 5.88 Å². The quantitative estimate of drug-likeness (QED) is 0.615. The van der Waals surface area contributed by atoms with Gasteiger partial charge in [-0.2, -0.15) is 0 Å². The van der Waals surface area contributed by atoms with Crippen LogP contribution in [0.5, 0.6) is 5.88 Å². The second-order valence-electron chi connectivity index (χ2n) is 8.95. The van der Waals surface area contributed by atoms with Crippen LogP contribution >= 0.6 is 0 Å². The first-order chi connectivity index (χ1) is 16.2. The number of pyridine rings is 1. The number of nitrogens with zero attached hydrogens (tertiary/aromatic N) is 3. The summed E-state index contributed by atoms with van der Waals surface area (Å²) >= 11 is 0. The third-order valence-electron chi connectivity index (χ3n) is 6.02. The molecule has 0 bridgehead atoms. The molecule has 8 heteroatoms. The highest BCUT2D eigenvalue weighted by Crippen LogP contribution is 2.28. The first kappa shape index (κ1) is 25.4. The number of allylic oxidation sites excluding steroid dienone is 1. The minimum Gasteiger partial charge on any atom is -0.478 e. The van der Waals surface area contributed by atoms with Crippen molar-refractivity contribution >= 4 is 18.0 Å². The molecular formula is C26H33N3O5. The van der Waals surface area contributed by atoms with Gasteiger partial charge in [-0.1, -0.05) is 31.2 Å². The number of hydrogen-bond acceptors (Lipinski definition) is 6. The summed E-state index contributed by atoms with van der Waals surface area (Å²) in [7, 11) is 1.95. The maximum atomic E-state index is 13.4. The number of likely N-dealkylation sites (N-methyl/N-ethyl adjacent to an activating group) is 1. The lowest BCUT2D eigenvalue weighted by Crippen LogP contribution is -2.49. The number of rotatable bonds is 8. The van der Waals surface area contributed by atoms with Crippen LogP contribution < -0.4 is 4.74 Å². The molecule has 0 aliphatic carbocycles. The van der Waals surface area contributed by atoms with Crippen molar-refractivity contribution in [1.82, 2.24) is 14.8 Å². The Kier molecular flexibility index (Phi) is 8.41. The molecule has 0 unspecified atom stereocenters. The van der Waals surface area contributed by atoms with Gasteiger partial charge in [0.1, 0.15) is 11.7 Å². The molecule has 3 atom stereocenters. The smallest absolute Gasteiger partial charge is 0.335 e. The van der Waals surface area contributed by atoms with Crippen LogP contribution in [-0.2, 0) is 6.54 Å². The summed E-state index contributed by atoms with van der Waals surface area (Å²) in [5.74, 6) is -0.911. The molecule has 0 fully saturated rings. The molecule has 1 aliphatic rings. The van der Waals surface area contributed by atoms with Crippen LogP contribution in [0.3, 0.4) is 0 Å². The van der Waals surface area contributed by atoms with Crippen molar-refractivity contribution in [2.45, 2.75) is 39.5 Å². The molecule has 0 saturated heterocycles. The third kappa shape index (κ3) is 6.01. The van der Waals surface area contributed by atoms with Gasteiger partial charge in [-0.3, -0.25) is 9.69 Å². The Morgan fingerprint density at radius 2 is 2.15 bits per heavy atom. The number of fused-ring (bicyclic) bond motifs is 1. The topological polar surface area (TPSA) is 103 Å². The van der Waals surface area contributed by atoms with Gasteiger partial charge in [0, 0.05) is 31.7 Å². The van der Waals surface area contributed by atoms with Crippen LogP contribution in [0.4, 0.5) is 0 Å². The molecular weight excluding hydrogens is 434 g/mol. The molecule has 2 aromatic rings. The van der Waals surface area contributed by atoms with Crippen LogP contribution in [0.25, 0.3) is 6.08 Å². The predicted octanol–water partition coefficient (Wildman–Crippen LogP) is 3.17. The van der Waals surface area contributed by atoms with Gasteiger partial charge in [-0.05, 0) is 50.2 Å². The molecule has 1 aromatic heterocycles. The van der Waals surface area contributed by atoms with Crippen LogP contribution in [0, 0.1) is 5.92 Å². The number of hydrogen-bond donors (Lipinski definition) is 2. The molecule has 0 radical (unpaired) electrons. The Morgan fingerprint density at radius 3 is 2.82 bits per heavy atom. The van der Waals surface area contributed by atoms with Gasteiger partial charge < -0.3 is 19.8 Å². The molecule has 3 rings (SSSR count). The Bertz CT molecular complexity index is 1050. The lowest BCUT2D eigenvalue weighted by atomic mass is 9.99. The number of carbonyl (C=O) groups is 2. The predicted molar refractivity (Wildman–Crippen MR) is 130 cm³/mol. The summed E-state index contributed by atoms with van der Waals surface area (Å²) < 4.78 is 6.30. The summed E-state index contributed by atoms with van der Waals surface area (Å²) in [6.45, 7) is 7.13. The number of aliphatic hydroxyl groups excluding tert-OH is 1. The van der Waals surface area contributed by atoms with Crippen LogP contribution in [0.2, 0.25) is 0 Å². The van der Waals surface area contributed by atoms with E-state index in [9.17, 15) is 19.8 Å². The average molecular weight is 468 g/mol. The zero-order chi connectivity index (χ0) is 24.8. The summed E-state index contributed by atoms with van der Waals surface area (Å²) in [4.78, 5) is 32.9. The highest BCUT2D eigenvalue weighted by Gasteiger charge is 2.34. The highest BCUT2D eigenvalue weighted by molar-refractivity contribution is 5.97. The molecule has 182 valence electrons. The fourth-order valence-corrected chi connectivity index (χ4v) is 4.11. The molecule has 34 heavy (non-hydrogen) atoms. The number of carboxylic acid groups (broad SMARTS) is 1. The van der Waals surface area contributed by atoms with E-state index in [4.69, 9.17) is 4.74 Å². The molecule has 1 aromatic carbocycles. The van der Waals surface area contributed by atoms with E-state index in [1.54, 1.807) is 35.4 Å². The van der Waals surface area contributed by atoms with Crippen molar-refractivity contribution in [1.29, 1.82) is 0 Å². The van der Waals surface area contributed by atoms with Crippen molar-refractivity contribution in [2.24, 2.45) is 5.92 Å². The Hall–Kier alpha value is -3.23. The molecule has 8 nitrogen and oxygen atoms in total. The summed E-state index contributed by atoms with van der Waals surface area (Å²) in [6, 6.07) is 8.31. The number of ether oxygens (including phenoxy) is 1. The summed E-state index contributed by atoms with van der Waals surface area (Å²) in [5, 5.41) is 19.0. The van der Waals surface area contributed by atoms with E-state index >= 15 is 0 Å². The molecule has 2 heterocycles. The fourth-order valence-electron chi connectivity index (χ4n) is 4.11. The van der Waals surface area contributed by atoms with Crippen molar-refractivity contribution in [3.63, 3.8) is 0 Å². The van der Waals surface area contributed by atoms with Gasteiger partial charge in [0.05, 0.1) is 18.2 Å². The largest absolute Gasteiger partial charge is 0.478 e. The molecule has 0 saturated carbocycles. The van der Waals surface area contributed by atoms with E-state index in [2.05, 4.69) is 9.88 Å². The number of aliphatic hydroxyl groups is 1. The Balaban J connectivity index is 1.87. The van der Waals surface area contributed by atoms with Gasteiger partial charge >= 0.3 is 5.97 Å². The number of aromatic nitrogens is 1. The van der Waals surface area contributed by atoms with Gasteiger partial charge in [-0.25, -0.2) is 9.78 Å². The minimum atomic E-state index is -0.954. The lowest BCUT2D eigenvalue weighted by molar-refractivity contribution is 0.0325. The van der Waals surface area contributed by atoms with Crippen molar-refractivity contribution < 1.29 is 24.5 Å². The zero-order valence-corrected chi connectivity index (χ0v) is 20.1. The number of aromatic carboxylic acids is 1. The van der Waals surface area contributed by atoms with Crippen LogP contribution in [-0.4, -0.2) is 75.8 Å². The monoisotopic (exact) mass is 467 g/mol. The standard InChI is InChI=1S/C26H33N3O5/c1-5-7-19-11-22-24(27-12-19)34-23(17(2)13-29(25(22)31)18(3)16-30)15-28(4)14-20-8-6-9-21(10-20)26(32)33/h5-12,17-18,23,30H,13-16H2,1-4H3,(H,32,33)/b7-5+/t17-,18+,23-/m1/s1. The second kappa shape index (κ2) is 11.3. The molecule has 1 amide bonds. The van der Waals surface area contributed by atoms with Crippen molar-refractivity contribution in [2.75, 3.05) is 26.7 Å². The molecule has 2 N–H and O–H groups in total. The third-order valence-corrected chi connectivity index (χ3v) is 6.02. The van der Waals surface area contributed by atoms with Gasteiger partial charge in [0.2, 0.25) is 5.88 Å². The van der Waals surface area contributed by atoms with E-state index in [0.717, 1.165) is 11.1 Å². The van der Waals surface area contributed by atoms with Gasteiger partial charge in [0.15, 0.2) is 0 Å². The van der Waals surface area contributed by atoms with E-state index in [-0.39, 0.29) is 42.0 Å². The molecule has 1 aliphatic heterocycles. The Morgan fingerprint density at radius 1 is 1.38 bits per heavy atom. The first-order valence-corrected chi connectivity index (χ1v) is 11.5. The zero-order valence-electron chi connectivity index (χ0n) is 20.1. The van der Waals surface area contributed by atoms with E-state index in [1.165, 1.54) is 0 Å². The van der Waals surface area contributed by atoms with Gasteiger partial charge in [0.25, 0.3) is 5.91 Å². The number of amides is 1. The molecule has 0 spiro atoms. The minimum absolute atomic E-state index is 0.0316. The SMILES string of the molecule is C/C=C/c1cnc2c(c1)C(=O)N([C@@H](C)CO)C[C@@H](C)[C@@H](CN(C)Cc1cccc(C(=O)O)c1)O2. The maximum absolute atomic E-state index is 13.4. The summed E-state index contributed by atoms with van der Waals surface area (Å²) in [6.07, 6.45) is 5.16. The maximum Gasteiger partial charge on any atom is 0.335 e. The second-order valence-corrected chi connectivity index (χ2v) is 8.95. The van der Waals surface area contributed by atoms with Crippen LogP contribution in [0.1, 0.15) is 52.6 Å². The van der Waals surface area contributed by atoms with E-state index in [1.807, 2.05) is 46.0 Å². The normalized spacial score (nSPS) is 19.5. The summed E-state index contributed by atoms with van der Waals surface area (Å²) in [5.41, 5.74) is 2.32. The number of benzene rings is 1. The highest BCUT2D eigenvalue weighted by atomic mass is 16.5. The lowest BCUT2D eigenvalue weighted by Gasteiger charge is -2.37. The number of carbonyl (C=O) groups excluding carboxylic acids is 1. The van der Waals surface area contributed by atoms with Crippen LogP contribution in [0.15, 0.2) is 42.6 Å². The van der Waals surface area contributed by atoms with Gasteiger partial charge in [-0.15, -0.1) is 0 Å².